The van der Waals surface area contributed by atoms with Crippen molar-refractivity contribution in [3.63, 3.8) is 0 Å². The van der Waals surface area contributed by atoms with Crippen molar-refractivity contribution in [2.75, 3.05) is 31.3 Å². The van der Waals surface area contributed by atoms with Crippen LogP contribution < -0.4 is 5.32 Å². The van der Waals surface area contributed by atoms with Crippen LogP contribution in [0.25, 0.3) is 0 Å². The maximum absolute atomic E-state index is 12.5. The summed E-state index contributed by atoms with van der Waals surface area (Å²) in [5.41, 5.74) is 2.42. The van der Waals surface area contributed by atoms with Crippen LogP contribution in [-0.2, 0) is 27.2 Å². The van der Waals surface area contributed by atoms with E-state index in [2.05, 4.69) is 5.32 Å². The molecule has 0 radical (unpaired) electrons. The second-order valence-corrected chi connectivity index (χ2v) is 9.30. The van der Waals surface area contributed by atoms with Gasteiger partial charge in [-0.05, 0) is 38.0 Å². The molecule has 7 nitrogen and oxygen atoms in total. The van der Waals surface area contributed by atoms with E-state index < -0.39 is 5.97 Å². The first kappa shape index (κ1) is 23.1. The van der Waals surface area contributed by atoms with Crippen molar-refractivity contribution < 1.29 is 23.9 Å². The molecule has 1 aromatic carbocycles. The van der Waals surface area contributed by atoms with Crippen molar-refractivity contribution in [3.05, 3.63) is 45.8 Å². The quantitative estimate of drug-likeness (QED) is 0.482. The topological polar surface area (TPSA) is 84.9 Å². The van der Waals surface area contributed by atoms with Crippen molar-refractivity contribution in [1.82, 2.24) is 4.90 Å². The molecule has 1 aliphatic rings. The predicted molar refractivity (Wildman–Crippen MR) is 122 cm³/mol. The zero-order chi connectivity index (χ0) is 22.4. The highest BCUT2D eigenvalue weighted by Gasteiger charge is 2.31. The molecule has 1 aliphatic heterocycles. The van der Waals surface area contributed by atoms with Crippen molar-refractivity contribution in [1.29, 1.82) is 0 Å². The van der Waals surface area contributed by atoms with Gasteiger partial charge in [0.25, 0.3) is 0 Å². The second kappa shape index (κ2) is 10.7. The first-order valence-corrected chi connectivity index (χ1v) is 11.9. The smallest absolute Gasteiger partial charge is 0.410 e. The maximum atomic E-state index is 12.5. The molecule has 0 spiro atoms. The molecule has 0 fully saturated rings. The minimum Gasteiger partial charge on any atom is -0.465 e. The Morgan fingerprint density at radius 3 is 2.65 bits per heavy atom. The molecule has 0 atom stereocenters. The van der Waals surface area contributed by atoms with Crippen molar-refractivity contribution in [2.45, 2.75) is 38.1 Å². The van der Waals surface area contributed by atoms with E-state index in [1.165, 1.54) is 24.0 Å². The fourth-order valence-corrected chi connectivity index (χ4v) is 5.38. The summed E-state index contributed by atoms with van der Waals surface area (Å²) in [4.78, 5) is 40.6. The molecule has 31 heavy (non-hydrogen) atoms. The third-order valence-corrected chi connectivity index (χ3v) is 6.99. The third kappa shape index (κ3) is 5.80. The number of amides is 2. The van der Waals surface area contributed by atoms with E-state index in [4.69, 9.17) is 9.47 Å². The van der Waals surface area contributed by atoms with Gasteiger partial charge in [-0.15, -0.1) is 23.1 Å². The number of anilines is 1. The van der Waals surface area contributed by atoms with E-state index in [1.54, 1.807) is 23.6 Å². The van der Waals surface area contributed by atoms with Crippen LogP contribution in [0.4, 0.5) is 9.80 Å². The normalized spacial score (nSPS) is 12.8. The van der Waals surface area contributed by atoms with Crippen molar-refractivity contribution >= 4 is 46.1 Å². The summed E-state index contributed by atoms with van der Waals surface area (Å²) in [5, 5.41) is 3.36. The van der Waals surface area contributed by atoms with E-state index in [0.29, 0.717) is 48.9 Å². The van der Waals surface area contributed by atoms with Crippen LogP contribution >= 0.6 is 23.1 Å². The third-order valence-electron chi connectivity index (χ3n) is 4.84. The Bertz CT molecular complexity index is 956. The van der Waals surface area contributed by atoms with Gasteiger partial charge in [0.05, 0.1) is 25.8 Å². The number of thiophene rings is 1. The summed E-state index contributed by atoms with van der Waals surface area (Å²) >= 11 is 2.93. The van der Waals surface area contributed by atoms with Crippen molar-refractivity contribution in [2.24, 2.45) is 0 Å². The Balaban J connectivity index is 1.67. The number of rotatable bonds is 7. The molecule has 0 unspecified atom stereocenters. The molecule has 2 aromatic rings. The number of aryl methyl sites for hydroxylation is 1. The number of benzene rings is 1. The van der Waals surface area contributed by atoms with E-state index >= 15 is 0 Å². The molecule has 0 saturated carbocycles. The van der Waals surface area contributed by atoms with Crippen LogP contribution in [0.2, 0.25) is 0 Å². The van der Waals surface area contributed by atoms with Gasteiger partial charge in [-0.25, -0.2) is 9.59 Å². The van der Waals surface area contributed by atoms with Gasteiger partial charge >= 0.3 is 12.1 Å². The number of hydrogen-bond acceptors (Lipinski definition) is 7. The average Bonchev–Trinajstić information content (AvgIpc) is 3.11. The molecule has 3 rings (SSSR count). The molecule has 1 N–H and O–H groups in total. The molecule has 1 aromatic heterocycles. The number of esters is 1. The second-order valence-electron chi connectivity index (χ2n) is 7.03. The number of carbonyl (C=O) groups is 3. The number of methoxy groups -OCH3 is 1. The van der Waals surface area contributed by atoms with Gasteiger partial charge in [0, 0.05) is 28.5 Å². The molecule has 166 valence electrons. The SMILES string of the molecule is CCOC(=O)N1CCc2c(sc(NC(=O)CCSc3ccc(C)cc3)c2C(=O)OC)C1. The standard InChI is InChI=1S/C22H26N2O5S2/c1-4-29-22(27)24-11-9-16-17(13-24)31-20(19(16)21(26)28-3)23-18(25)10-12-30-15-7-5-14(2)6-8-15/h5-8H,4,9-13H2,1-3H3,(H,23,25). The Morgan fingerprint density at radius 2 is 1.97 bits per heavy atom. The van der Waals surface area contributed by atoms with E-state index in [-0.39, 0.29) is 12.0 Å². The van der Waals surface area contributed by atoms with Crippen LogP contribution in [0, 0.1) is 6.92 Å². The lowest BCUT2D eigenvalue weighted by Crippen LogP contribution is -2.36. The number of hydrogen-bond donors (Lipinski definition) is 1. The monoisotopic (exact) mass is 462 g/mol. The van der Waals surface area contributed by atoms with Crippen LogP contribution in [0.3, 0.4) is 0 Å². The average molecular weight is 463 g/mol. The highest BCUT2D eigenvalue weighted by atomic mass is 32.2. The van der Waals surface area contributed by atoms with Gasteiger partial charge in [0.1, 0.15) is 5.00 Å². The van der Waals surface area contributed by atoms with E-state index in [1.807, 2.05) is 31.2 Å². The molecular formula is C22H26N2O5S2. The predicted octanol–water partition coefficient (Wildman–Crippen LogP) is 4.48. The number of nitrogens with zero attached hydrogens (tertiary/aromatic N) is 1. The first-order chi connectivity index (χ1) is 14.9. The Morgan fingerprint density at radius 1 is 1.23 bits per heavy atom. The number of thioether (sulfide) groups is 1. The summed E-state index contributed by atoms with van der Waals surface area (Å²) in [6.45, 7) is 4.91. The summed E-state index contributed by atoms with van der Waals surface area (Å²) in [6.07, 6.45) is 0.449. The lowest BCUT2D eigenvalue weighted by molar-refractivity contribution is -0.115. The lowest BCUT2D eigenvalue weighted by atomic mass is 10.0. The zero-order valence-corrected chi connectivity index (χ0v) is 19.5. The maximum Gasteiger partial charge on any atom is 0.410 e. The van der Waals surface area contributed by atoms with E-state index in [9.17, 15) is 14.4 Å². The zero-order valence-electron chi connectivity index (χ0n) is 17.9. The summed E-state index contributed by atoms with van der Waals surface area (Å²) < 4.78 is 10.0. The lowest BCUT2D eigenvalue weighted by Gasteiger charge is -2.26. The van der Waals surface area contributed by atoms with Crippen LogP contribution in [0.5, 0.6) is 0 Å². The van der Waals surface area contributed by atoms with Crippen LogP contribution in [-0.4, -0.2) is 48.9 Å². The fraction of sp³-hybridized carbons (Fsp3) is 0.409. The molecule has 0 saturated heterocycles. The summed E-state index contributed by atoms with van der Waals surface area (Å²) in [7, 11) is 1.32. The van der Waals surface area contributed by atoms with Crippen molar-refractivity contribution in [3.8, 4) is 0 Å². The molecule has 2 heterocycles. The van der Waals surface area contributed by atoms with Gasteiger partial charge in [-0.3, -0.25) is 4.79 Å². The van der Waals surface area contributed by atoms with Gasteiger partial charge in [-0.1, -0.05) is 17.7 Å². The minimum absolute atomic E-state index is 0.161. The van der Waals surface area contributed by atoms with Gasteiger partial charge in [-0.2, -0.15) is 0 Å². The number of fused-ring (bicyclic) bond motifs is 1. The highest BCUT2D eigenvalue weighted by molar-refractivity contribution is 7.99. The van der Waals surface area contributed by atoms with Gasteiger partial charge in [0.2, 0.25) is 5.91 Å². The Hall–Kier alpha value is -2.52. The minimum atomic E-state index is -0.480. The van der Waals surface area contributed by atoms with E-state index in [0.717, 1.165) is 15.3 Å². The molecule has 9 heteroatoms. The number of ether oxygens (including phenoxy) is 2. The van der Waals surface area contributed by atoms with Gasteiger partial charge in [0.15, 0.2) is 0 Å². The molecule has 0 aliphatic carbocycles. The number of nitrogens with one attached hydrogen (secondary N) is 1. The molecule has 0 bridgehead atoms. The Labute approximate surface area is 190 Å². The first-order valence-electron chi connectivity index (χ1n) is 10.1. The summed E-state index contributed by atoms with van der Waals surface area (Å²) in [6, 6.07) is 8.16. The Kier molecular flexibility index (Phi) is 7.97. The highest BCUT2D eigenvalue weighted by Crippen LogP contribution is 2.38. The largest absolute Gasteiger partial charge is 0.465 e. The molecular weight excluding hydrogens is 436 g/mol. The van der Waals surface area contributed by atoms with Gasteiger partial charge < -0.3 is 19.7 Å². The van der Waals surface area contributed by atoms with Crippen LogP contribution in [0.15, 0.2) is 29.2 Å². The summed E-state index contributed by atoms with van der Waals surface area (Å²) in [5.74, 6) is -0.0125. The number of carbonyl (C=O) groups excluding carboxylic acids is 3. The fourth-order valence-electron chi connectivity index (χ4n) is 3.27. The van der Waals surface area contributed by atoms with Crippen LogP contribution in [0.1, 0.15) is 39.7 Å². The molecule has 2 amide bonds.